The number of aromatic amines is 1. The van der Waals surface area contributed by atoms with Crippen molar-refractivity contribution in [3.63, 3.8) is 0 Å². The lowest BCUT2D eigenvalue weighted by Gasteiger charge is -2.22. The molecule has 0 aliphatic heterocycles. The standard InChI is InChI=1S/C30H28N6O3/c1-18-26(19(2)36-35-18)22-15-20-7-3-5-9-23(20)25(16-22)30(11-12-30)34-27(37)24-10-6-4-8-21(24)17-33-29(39)28(38)32-14-13-31/h3-10,15-16H,11-12,14,17H2,1-2H3,(H,32,38)(H,33,39)(H,34,37)(H,35,36). The molecule has 1 saturated carbocycles. The molecule has 1 aromatic heterocycles. The summed E-state index contributed by atoms with van der Waals surface area (Å²) in [5.74, 6) is -2.02. The first-order valence-corrected chi connectivity index (χ1v) is 12.7. The molecular weight excluding hydrogens is 492 g/mol. The van der Waals surface area contributed by atoms with Crippen molar-refractivity contribution in [3.05, 3.63) is 88.7 Å². The molecule has 5 rings (SSSR count). The lowest BCUT2D eigenvalue weighted by atomic mass is 9.91. The molecule has 9 heteroatoms. The summed E-state index contributed by atoms with van der Waals surface area (Å²) >= 11 is 0. The van der Waals surface area contributed by atoms with Crippen LogP contribution in [0.3, 0.4) is 0 Å². The Bertz CT molecular complexity index is 1620. The van der Waals surface area contributed by atoms with Crippen LogP contribution in [0, 0.1) is 25.2 Å². The van der Waals surface area contributed by atoms with Gasteiger partial charge in [-0.2, -0.15) is 10.4 Å². The minimum absolute atomic E-state index is 0.00708. The zero-order valence-corrected chi connectivity index (χ0v) is 21.7. The van der Waals surface area contributed by atoms with Gasteiger partial charge in [0.1, 0.15) is 6.54 Å². The summed E-state index contributed by atoms with van der Waals surface area (Å²) in [6.07, 6.45) is 1.60. The Morgan fingerprint density at radius 2 is 1.72 bits per heavy atom. The summed E-state index contributed by atoms with van der Waals surface area (Å²) in [6, 6.07) is 21.2. The van der Waals surface area contributed by atoms with Crippen molar-refractivity contribution in [3.8, 4) is 17.2 Å². The lowest BCUT2D eigenvalue weighted by molar-refractivity contribution is -0.139. The van der Waals surface area contributed by atoms with E-state index in [1.54, 1.807) is 30.3 Å². The number of aromatic nitrogens is 2. The number of hydrogen-bond donors (Lipinski definition) is 4. The molecule has 39 heavy (non-hydrogen) atoms. The lowest BCUT2D eigenvalue weighted by Crippen LogP contribution is -2.40. The number of rotatable bonds is 7. The molecule has 196 valence electrons. The zero-order chi connectivity index (χ0) is 27.6. The van der Waals surface area contributed by atoms with Gasteiger partial charge in [0.25, 0.3) is 5.91 Å². The second-order valence-corrected chi connectivity index (χ2v) is 9.77. The van der Waals surface area contributed by atoms with Crippen molar-refractivity contribution in [2.75, 3.05) is 6.54 Å². The number of hydrogen-bond acceptors (Lipinski definition) is 5. The van der Waals surface area contributed by atoms with Crippen molar-refractivity contribution < 1.29 is 14.4 Å². The Morgan fingerprint density at radius 3 is 2.44 bits per heavy atom. The third-order valence-electron chi connectivity index (χ3n) is 7.13. The molecule has 9 nitrogen and oxygen atoms in total. The number of H-pyrrole nitrogens is 1. The minimum atomic E-state index is -0.898. The van der Waals surface area contributed by atoms with Crippen LogP contribution in [0.1, 0.15) is 45.7 Å². The molecule has 0 saturated heterocycles. The Hall–Kier alpha value is -4.97. The van der Waals surface area contributed by atoms with E-state index in [1.807, 2.05) is 26.0 Å². The molecule has 0 unspecified atom stereocenters. The fraction of sp³-hybridized carbons (Fsp3) is 0.233. The Balaban J connectivity index is 1.43. The van der Waals surface area contributed by atoms with E-state index >= 15 is 0 Å². The van der Waals surface area contributed by atoms with Gasteiger partial charge in [-0.25, -0.2) is 0 Å². The topological polar surface area (TPSA) is 140 Å². The van der Waals surface area contributed by atoms with Gasteiger partial charge >= 0.3 is 11.8 Å². The maximum absolute atomic E-state index is 13.6. The number of carbonyl (C=O) groups is 3. The van der Waals surface area contributed by atoms with Gasteiger partial charge < -0.3 is 16.0 Å². The molecule has 3 amide bonds. The van der Waals surface area contributed by atoms with Crippen molar-refractivity contribution in [2.45, 2.75) is 38.8 Å². The average molecular weight is 521 g/mol. The predicted molar refractivity (Wildman–Crippen MR) is 146 cm³/mol. The molecule has 4 aromatic rings. The minimum Gasteiger partial charge on any atom is -0.344 e. The maximum atomic E-state index is 13.6. The second-order valence-electron chi connectivity index (χ2n) is 9.77. The Kier molecular flexibility index (Phi) is 6.86. The number of carbonyl (C=O) groups excluding carboxylic acids is 3. The van der Waals surface area contributed by atoms with Crippen LogP contribution in [-0.4, -0.2) is 34.5 Å². The van der Waals surface area contributed by atoms with Gasteiger partial charge in [-0.05, 0) is 72.4 Å². The molecule has 1 aliphatic rings. The van der Waals surface area contributed by atoms with Crippen LogP contribution in [0.5, 0.6) is 0 Å². The van der Waals surface area contributed by atoms with E-state index in [2.05, 4.69) is 50.4 Å². The van der Waals surface area contributed by atoms with E-state index in [1.165, 1.54) is 0 Å². The van der Waals surface area contributed by atoms with Crippen LogP contribution < -0.4 is 16.0 Å². The fourth-order valence-corrected chi connectivity index (χ4v) is 5.05. The molecule has 1 fully saturated rings. The molecule has 1 aliphatic carbocycles. The van der Waals surface area contributed by atoms with Gasteiger partial charge in [0.05, 0.1) is 17.3 Å². The van der Waals surface area contributed by atoms with Crippen LogP contribution in [0.2, 0.25) is 0 Å². The Labute approximate surface area is 225 Å². The summed E-state index contributed by atoms with van der Waals surface area (Å²) in [7, 11) is 0. The number of aryl methyl sites for hydroxylation is 2. The summed E-state index contributed by atoms with van der Waals surface area (Å²) in [5, 5.41) is 26.2. The van der Waals surface area contributed by atoms with Gasteiger partial charge in [-0.1, -0.05) is 42.5 Å². The summed E-state index contributed by atoms with van der Waals surface area (Å²) in [5.41, 5.74) is 5.55. The maximum Gasteiger partial charge on any atom is 0.310 e. The Morgan fingerprint density at radius 1 is 1.00 bits per heavy atom. The van der Waals surface area contributed by atoms with Gasteiger partial charge in [-0.3, -0.25) is 19.5 Å². The second kappa shape index (κ2) is 10.4. The van der Waals surface area contributed by atoms with E-state index in [9.17, 15) is 14.4 Å². The molecule has 1 heterocycles. The van der Waals surface area contributed by atoms with Crippen molar-refractivity contribution in [1.82, 2.24) is 26.1 Å². The van der Waals surface area contributed by atoms with Crippen LogP contribution >= 0.6 is 0 Å². The van der Waals surface area contributed by atoms with Gasteiger partial charge in [0.15, 0.2) is 0 Å². The third kappa shape index (κ3) is 5.09. The number of nitrogens with zero attached hydrogens (tertiary/aromatic N) is 2. The monoisotopic (exact) mass is 520 g/mol. The first kappa shape index (κ1) is 25.7. The summed E-state index contributed by atoms with van der Waals surface area (Å²) in [4.78, 5) is 37.5. The SMILES string of the molecule is Cc1n[nH]c(C)c1-c1cc(C2(NC(=O)c3ccccc3CNC(=O)C(=O)NCC#N)CC2)c2ccccc2c1. The van der Waals surface area contributed by atoms with Crippen LogP contribution in [0.4, 0.5) is 0 Å². The largest absolute Gasteiger partial charge is 0.344 e. The van der Waals surface area contributed by atoms with E-state index < -0.39 is 17.4 Å². The van der Waals surface area contributed by atoms with E-state index in [4.69, 9.17) is 5.26 Å². The quantitative estimate of drug-likeness (QED) is 0.218. The normalized spacial score (nSPS) is 13.4. The zero-order valence-electron chi connectivity index (χ0n) is 21.7. The van der Waals surface area contributed by atoms with Gasteiger partial charge in [0, 0.05) is 23.4 Å². The highest BCUT2D eigenvalue weighted by Crippen LogP contribution is 2.49. The fourth-order valence-electron chi connectivity index (χ4n) is 5.05. The number of fused-ring (bicyclic) bond motifs is 1. The van der Waals surface area contributed by atoms with E-state index in [0.29, 0.717) is 11.1 Å². The first-order valence-electron chi connectivity index (χ1n) is 12.7. The van der Waals surface area contributed by atoms with Crippen LogP contribution in [-0.2, 0) is 21.7 Å². The van der Waals surface area contributed by atoms with E-state index in [-0.39, 0.29) is 19.0 Å². The molecule has 4 N–H and O–H groups in total. The highest BCUT2D eigenvalue weighted by molar-refractivity contribution is 6.35. The van der Waals surface area contributed by atoms with Gasteiger partial charge in [0.2, 0.25) is 0 Å². The summed E-state index contributed by atoms with van der Waals surface area (Å²) in [6.45, 7) is 3.71. The summed E-state index contributed by atoms with van der Waals surface area (Å²) < 4.78 is 0. The van der Waals surface area contributed by atoms with Crippen molar-refractivity contribution in [1.29, 1.82) is 5.26 Å². The highest BCUT2D eigenvalue weighted by atomic mass is 16.2. The van der Waals surface area contributed by atoms with E-state index in [0.717, 1.165) is 51.7 Å². The first-order chi connectivity index (χ1) is 18.8. The number of nitrogens with one attached hydrogen (secondary N) is 4. The smallest absolute Gasteiger partial charge is 0.310 e. The number of benzene rings is 3. The van der Waals surface area contributed by atoms with Crippen molar-refractivity contribution >= 4 is 28.5 Å². The molecular formula is C30H28N6O3. The van der Waals surface area contributed by atoms with Crippen LogP contribution in [0.15, 0.2) is 60.7 Å². The number of amides is 3. The third-order valence-corrected chi connectivity index (χ3v) is 7.13. The molecule has 3 aromatic carbocycles. The molecule has 0 spiro atoms. The average Bonchev–Trinajstić information content (AvgIpc) is 3.65. The van der Waals surface area contributed by atoms with Crippen LogP contribution in [0.25, 0.3) is 21.9 Å². The van der Waals surface area contributed by atoms with Gasteiger partial charge in [-0.15, -0.1) is 0 Å². The van der Waals surface area contributed by atoms with Crippen molar-refractivity contribution in [2.24, 2.45) is 0 Å². The number of nitriles is 1. The predicted octanol–water partition coefficient (Wildman–Crippen LogP) is 3.52. The highest BCUT2D eigenvalue weighted by Gasteiger charge is 2.47. The molecule has 0 atom stereocenters. The molecule has 0 radical (unpaired) electrons. The molecule has 0 bridgehead atoms.